The molecule has 0 aromatic heterocycles. The zero-order valence-electron chi connectivity index (χ0n) is 26.3. The van der Waals surface area contributed by atoms with Gasteiger partial charge in [0.15, 0.2) is 50.3 Å². The van der Waals surface area contributed by atoms with Crippen molar-refractivity contribution < 1.29 is 55.8 Å². The van der Waals surface area contributed by atoms with Gasteiger partial charge in [0, 0.05) is 17.0 Å². The van der Waals surface area contributed by atoms with Gasteiger partial charge in [0.05, 0.1) is 24.6 Å². The molecular formula is C35H23Cl2F5N2O7. The number of amides is 4. The minimum atomic E-state index is -2.81. The number of fused-ring (bicyclic) bond motifs is 4. The quantitative estimate of drug-likeness (QED) is 0.0640. The molecule has 1 N–H and O–H groups in total. The van der Waals surface area contributed by atoms with Crippen molar-refractivity contribution >= 4 is 64.0 Å². The van der Waals surface area contributed by atoms with E-state index in [1.165, 1.54) is 62.6 Å². The van der Waals surface area contributed by atoms with Gasteiger partial charge >= 0.3 is 0 Å². The molecule has 16 heteroatoms. The summed E-state index contributed by atoms with van der Waals surface area (Å²) in [5.74, 6) is -23.3. The fourth-order valence-electron chi connectivity index (χ4n) is 7.95. The van der Waals surface area contributed by atoms with Crippen LogP contribution < -0.4 is 14.5 Å². The van der Waals surface area contributed by atoms with Crippen LogP contribution in [0.5, 0.6) is 11.5 Å². The number of hydrogen-bond donors (Lipinski definition) is 1. The Morgan fingerprint density at radius 1 is 0.843 bits per heavy atom. The second-order valence-corrected chi connectivity index (χ2v) is 13.9. The maximum Gasteiger partial charge on any atom is 0.258 e. The van der Waals surface area contributed by atoms with Crippen LogP contribution >= 0.6 is 23.2 Å². The molecule has 0 spiro atoms. The average Bonchev–Trinajstić information content (AvgIpc) is 3.45. The summed E-state index contributed by atoms with van der Waals surface area (Å²) in [5.41, 5.74) is -1.48. The van der Waals surface area contributed by atoms with Gasteiger partial charge in [-0.1, -0.05) is 23.8 Å². The monoisotopic (exact) mass is 748 g/mol. The molecule has 0 unspecified atom stereocenters. The zero-order valence-corrected chi connectivity index (χ0v) is 27.8. The van der Waals surface area contributed by atoms with Crippen LogP contribution in [0, 0.1) is 46.8 Å². The molecule has 2 aliphatic carbocycles. The number of aromatic hydroxyl groups is 1. The van der Waals surface area contributed by atoms with Gasteiger partial charge in [-0.2, -0.15) is 0 Å². The summed E-state index contributed by atoms with van der Waals surface area (Å²) in [6.45, 7) is 1.34. The Kier molecular flexibility index (Phi) is 7.88. The first kappa shape index (κ1) is 34.6. The maximum absolute atomic E-state index is 15.2. The Hall–Kier alpha value is -4.82. The van der Waals surface area contributed by atoms with Crippen molar-refractivity contribution in [3.63, 3.8) is 0 Å². The molecule has 4 amide bonds. The predicted octanol–water partition coefficient (Wildman–Crippen LogP) is 6.07. The van der Waals surface area contributed by atoms with Crippen LogP contribution in [0.3, 0.4) is 0 Å². The Bertz CT molecular complexity index is 2140. The van der Waals surface area contributed by atoms with Crippen LogP contribution in [0.25, 0.3) is 0 Å². The largest absolute Gasteiger partial charge is 0.504 e. The predicted molar refractivity (Wildman–Crippen MR) is 170 cm³/mol. The molecule has 0 radical (unpaired) electrons. The number of alkyl halides is 2. The Labute approximate surface area is 295 Å². The molecule has 0 bridgehead atoms. The van der Waals surface area contributed by atoms with Crippen molar-refractivity contribution in [1.82, 2.24) is 0 Å². The zero-order chi connectivity index (χ0) is 37.1. The van der Waals surface area contributed by atoms with E-state index in [0.29, 0.717) is 5.56 Å². The molecule has 3 aromatic rings. The summed E-state index contributed by atoms with van der Waals surface area (Å²) in [6.07, 6.45) is 0.692. The molecule has 2 heterocycles. The number of phenolic OH excluding ortho intramolecular Hbond substituents is 1. The summed E-state index contributed by atoms with van der Waals surface area (Å²) < 4.78 is 78.6. The molecule has 6 atom stereocenters. The normalized spacial score (nSPS) is 28.5. The lowest BCUT2D eigenvalue weighted by Crippen LogP contribution is -2.60. The fourth-order valence-corrected chi connectivity index (χ4v) is 8.88. The summed E-state index contributed by atoms with van der Waals surface area (Å²) >= 11 is 14.2. The van der Waals surface area contributed by atoms with E-state index >= 15 is 8.78 Å². The third-order valence-electron chi connectivity index (χ3n) is 10.3. The van der Waals surface area contributed by atoms with Gasteiger partial charge in [0.2, 0.25) is 17.6 Å². The molecule has 3 fully saturated rings. The first-order valence-corrected chi connectivity index (χ1v) is 16.1. The molecular weight excluding hydrogens is 726 g/mol. The van der Waals surface area contributed by atoms with E-state index < -0.39 is 104 Å². The first-order chi connectivity index (χ1) is 24.0. The third-order valence-corrected chi connectivity index (χ3v) is 11.7. The Morgan fingerprint density at radius 3 is 2.04 bits per heavy atom. The van der Waals surface area contributed by atoms with Crippen molar-refractivity contribution in [2.45, 2.75) is 35.4 Å². The molecule has 3 aromatic carbocycles. The van der Waals surface area contributed by atoms with Crippen molar-refractivity contribution in [1.29, 1.82) is 0 Å². The molecule has 51 heavy (non-hydrogen) atoms. The summed E-state index contributed by atoms with van der Waals surface area (Å²) in [6, 6.07) is 9.70. The number of hydrogen-bond acceptors (Lipinski definition) is 7. The summed E-state index contributed by atoms with van der Waals surface area (Å²) in [5, 5.41) is 11.3. The minimum absolute atomic E-state index is 0.101. The van der Waals surface area contributed by atoms with Gasteiger partial charge in [0.25, 0.3) is 11.8 Å². The van der Waals surface area contributed by atoms with E-state index in [1.807, 2.05) is 0 Å². The van der Waals surface area contributed by atoms with Crippen LogP contribution in [-0.2, 0) is 19.2 Å². The topological polar surface area (TPSA) is 121 Å². The van der Waals surface area contributed by atoms with Crippen molar-refractivity contribution in [2.75, 3.05) is 16.9 Å². The lowest BCUT2D eigenvalue weighted by molar-refractivity contribution is -0.125. The summed E-state index contributed by atoms with van der Waals surface area (Å²) in [7, 11) is 1.21. The number of benzene rings is 3. The number of carbonyl (C=O) groups is 5. The van der Waals surface area contributed by atoms with E-state index in [2.05, 4.69) is 0 Å². The highest BCUT2D eigenvalue weighted by Crippen LogP contribution is 2.67. The number of rotatable bonds is 5. The van der Waals surface area contributed by atoms with Crippen molar-refractivity contribution in [2.24, 2.45) is 17.8 Å². The number of Topliss-reactive ketones (excluding diaryl/α,β-unsaturated/α-hetero) is 1. The summed E-state index contributed by atoms with van der Waals surface area (Å²) in [4.78, 5) is 63.6. The van der Waals surface area contributed by atoms with Crippen molar-refractivity contribution in [3.05, 3.63) is 94.3 Å². The highest BCUT2D eigenvalue weighted by Gasteiger charge is 2.77. The fraction of sp³-hybridized carbons (Fsp3) is 0.286. The van der Waals surface area contributed by atoms with E-state index in [-0.39, 0.29) is 39.7 Å². The number of halogens is 7. The molecule has 7 rings (SSSR count). The maximum atomic E-state index is 15.2. The van der Waals surface area contributed by atoms with Gasteiger partial charge in [-0.3, -0.25) is 28.9 Å². The van der Waals surface area contributed by atoms with E-state index in [4.69, 9.17) is 27.9 Å². The number of phenols is 1. The van der Waals surface area contributed by atoms with Crippen LogP contribution in [0.15, 0.2) is 54.1 Å². The van der Waals surface area contributed by atoms with Crippen molar-refractivity contribution in [3.8, 4) is 11.5 Å². The highest BCUT2D eigenvalue weighted by molar-refractivity contribution is 6.58. The molecule has 1 saturated carbocycles. The van der Waals surface area contributed by atoms with Gasteiger partial charge < -0.3 is 9.84 Å². The Morgan fingerprint density at radius 2 is 1.45 bits per heavy atom. The molecule has 4 aliphatic rings. The second-order valence-electron chi connectivity index (χ2n) is 12.7. The van der Waals surface area contributed by atoms with Gasteiger partial charge in [-0.15, -0.1) is 23.2 Å². The van der Waals surface area contributed by atoms with E-state index in [9.17, 15) is 42.3 Å². The molecule has 2 saturated heterocycles. The van der Waals surface area contributed by atoms with Gasteiger partial charge in [-0.25, -0.2) is 26.9 Å². The van der Waals surface area contributed by atoms with Crippen LogP contribution in [0.2, 0.25) is 0 Å². The smallest absolute Gasteiger partial charge is 0.258 e. The molecule has 9 nitrogen and oxygen atoms in total. The van der Waals surface area contributed by atoms with E-state index in [0.717, 1.165) is 4.90 Å². The number of nitrogens with zero attached hydrogens (tertiary/aromatic N) is 2. The third kappa shape index (κ3) is 4.41. The van der Waals surface area contributed by atoms with Crippen LogP contribution in [-0.4, -0.2) is 51.4 Å². The first-order valence-electron chi connectivity index (χ1n) is 15.4. The lowest BCUT2D eigenvalue weighted by atomic mass is 9.56. The SMILES string of the molecule is COc1cccc([C@H]2C3=CC[C@@H]4C(=O)N(c5ccc(C(C)=O)cc5)C(=O)[C@@H]4[C@@H]3C[C@@]3(Cl)C(=O)N(c4c(F)c(F)c(F)c(F)c4F)C(=O)[C@@]23Cl)c1O. The number of allylic oxidation sites excluding steroid dienone is 2. The van der Waals surface area contributed by atoms with Gasteiger partial charge in [0.1, 0.15) is 5.69 Å². The number of methoxy groups -OCH3 is 1. The van der Waals surface area contributed by atoms with Gasteiger partial charge in [-0.05, 0) is 56.0 Å². The number of para-hydroxylation sites is 1. The number of carbonyl (C=O) groups excluding carboxylic acids is 5. The molecule has 264 valence electrons. The lowest BCUT2D eigenvalue weighted by Gasteiger charge is -2.50. The molecule has 2 aliphatic heterocycles. The van der Waals surface area contributed by atoms with Crippen LogP contribution in [0.1, 0.15) is 41.6 Å². The highest BCUT2D eigenvalue weighted by atomic mass is 35.5. The number of ether oxygens (including phenoxy) is 1. The number of ketones is 1. The number of anilines is 2. The van der Waals surface area contributed by atoms with E-state index in [1.54, 1.807) is 0 Å². The average molecular weight is 749 g/mol. The Balaban J connectivity index is 1.43. The standard InChI is InChI=1S/C35H23Cl2F5N2O7/c1-13(45)14-6-8-15(9-7-14)43-30(47)17-11-10-16-19(21(17)31(43)48)12-34(36)32(49)44(28-26(41)24(39)23(38)25(40)27(28)42)33(50)35(34,37)22(16)18-4-3-5-20(51-2)29(18)46/h3-10,17,19,21-22,46H,11-12H2,1-2H3/t17-,19+,21-,22+,34+,35-/m0/s1. The number of imide groups is 2. The van der Waals surface area contributed by atoms with Crippen LogP contribution in [0.4, 0.5) is 33.3 Å². The second kappa shape index (κ2) is 11.6. The minimum Gasteiger partial charge on any atom is -0.504 e.